The van der Waals surface area contributed by atoms with E-state index in [2.05, 4.69) is 4.98 Å². The Bertz CT molecular complexity index is 674. The molecule has 0 unspecified atom stereocenters. The molecule has 1 heterocycles. The van der Waals surface area contributed by atoms with Crippen molar-refractivity contribution in [3.63, 3.8) is 0 Å². The van der Waals surface area contributed by atoms with Gasteiger partial charge in [-0.1, -0.05) is 0 Å². The van der Waals surface area contributed by atoms with Gasteiger partial charge in [0.2, 0.25) is 11.5 Å². The molecule has 2 rings (SSSR count). The molecule has 0 aliphatic rings. The lowest BCUT2D eigenvalue weighted by Gasteiger charge is -2.06. The summed E-state index contributed by atoms with van der Waals surface area (Å²) in [6.07, 6.45) is 2.57. The minimum atomic E-state index is -0.798. The summed E-state index contributed by atoms with van der Waals surface area (Å²) in [6.45, 7) is 0. The van der Waals surface area contributed by atoms with E-state index >= 15 is 0 Å². The lowest BCUT2D eigenvalue weighted by Crippen LogP contribution is -2.15. The van der Waals surface area contributed by atoms with Gasteiger partial charge in [0.15, 0.2) is 16.9 Å². The third-order valence-electron chi connectivity index (χ3n) is 2.44. The highest BCUT2D eigenvalue weighted by Crippen LogP contribution is 2.37. The number of carbonyl (C=O) groups excluding carboxylic acids is 1. The Morgan fingerprint density at radius 3 is 2.39 bits per heavy atom. The van der Waals surface area contributed by atoms with Gasteiger partial charge < -0.3 is 20.3 Å². The number of hydrogen-bond acceptors (Lipinski definition) is 5. The Morgan fingerprint density at radius 1 is 1.00 bits per heavy atom. The van der Waals surface area contributed by atoms with Crippen molar-refractivity contribution in [1.82, 2.24) is 4.98 Å². The van der Waals surface area contributed by atoms with Crippen molar-refractivity contribution in [2.75, 3.05) is 0 Å². The first-order valence-electron chi connectivity index (χ1n) is 4.98. The van der Waals surface area contributed by atoms with E-state index in [1.165, 1.54) is 18.5 Å². The van der Waals surface area contributed by atoms with Crippen LogP contribution in [0.4, 0.5) is 0 Å². The number of H-pyrrole nitrogens is 1. The number of aromatic nitrogens is 1. The lowest BCUT2D eigenvalue weighted by atomic mass is 10.0. The molecule has 1 aromatic carbocycles. The molecule has 2 aromatic rings. The SMILES string of the molecule is O=C(c1ccc(O)c(O)c1O)c1c[nH]ccc1=O. The number of hydrogen-bond donors (Lipinski definition) is 4. The Hall–Kier alpha value is -2.76. The van der Waals surface area contributed by atoms with E-state index in [0.29, 0.717) is 0 Å². The molecule has 6 heteroatoms. The number of ketones is 1. The fourth-order valence-electron chi connectivity index (χ4n) is 1.49. The van der Waals surface area contributed by atoms with E-state index < -0.39 is 28.5 Å². The van der Waals surface area contributed by atoms with Crippen molar-refractivity contribution >= 4 is 5.78 Å². The van der Waals surface area contributed by atoms with Crippen LogP contribution in [0.1, 0.15) is 15.9 Å². The van der Waals surface area contributed by atoms with Gasteiger partial charge >= 0.3 is 0 Å². The predicted molar refractivity (Wildman–Crippen MR) is 61.9 cm³/mol. The van der Waals surface area contributed by atoms with Gasteiger partial charge in [0.1, 0.15) is 0 Å². The highest BCUT2D eigenvalue weighted by molar-refractivity contribution is 6.11. The molecule has 0 fully saturated rings. The number of benzene rings is 1. The van der Waals surface area contributed by atoms with Gasteiger partial charge in [-0.15, -0.1) is 0 Å². The molecule has 92 valence electrons. The van der Waals surface area contributed by atoms with Gasteiger partial charge in [0, 0.05) is 18.5 Å². The molecule has 0 bridgehead atoms. The number of phenols is 3. The highest BCUT2D eigenvalue weighted by Gasteiger charge is 2.20. The standard InChI is InChI=1S/C12H9NO5/c14-8-3-4-13-5-7(8)10(16)6-1-2-9(15)12(18)11(6)17/h1-5,15,17-18H,(H,13,14). The van der Waals surface area contributed by atoms with Crippen molar-refractivity contribution in [3.8, 4) is 17.2 Å². The quantitative estimate of drug-likeness (QED) is 0.461. The van der Waals surface area contributed by atoms with Crippen LogP contribution in [0.3, 0.4) is 0 Å². The first-order valence-corrected chi connectivity index (χ1v) is 4.98. The molecule has 1 aromatic heterocycles. The second-order valence-corrected chi connectivity index (χ2v) is 3.58. The highest BCUT2D eigenvalue weighted by atomic mass is 16.3. The third-order valence-corrected chi connectivity index (χ3v) is 2.44. The largest absolute Gasteiger partial charge is 0.504 e. The van der Waals surface area contributed by atoms with Gasteiger partial charge in [-0.2, -0.15) is 0 Å². The molecule has 0 saturated carbocycles. The average Bonchev–Trinajstić information content (AvgIpc) is 2.36. The van der Waals surface area contributed by atoms with Crippen molar-refractivity contribution in [3.05, 3.63) is 51.9 Å². The second kappa shape index (κ2) is 4.25. The zero-order valence-electron chi connectivity index (χ0n) is 9.04. The molecular formula is C12H9NO5. The molecule has 18 heavy (non-hydrogen) atoms. The van der Waals surface area contributed by atoms with Crippen LogP contribution in [0.15, 0.2) is 35.4 Å². The maximum Gasteiger partial charge on any atom is 0.202 e. The fourth-order valence-corrected chi connectivity index (χ4v) is 1.49. The summed E-state index contributed by atoms with van der Waals surface area (Å²) in [4.78, 5) is 26.0. The number of nitrogens with one attached hydrogen (secondary N) is 1. The first kappa shape index (κ1) is 11.7. The molecule has 0 amide bonds. The molecule has 0 aliphatic heterocycles. The second-order valence-electron chi connectivity index (χ2n) is 3.58. The van der Waals surface area contributed by atoms with E-state index in [4.69, 9.17) is 5.11 Å². The molecule has 0 radical (unpaired) electrons. The van der Waals surface area contributed by atoms with Gasteiger partial charge in [0.05, 0.1) is 11.1 Å². The van der Waals surface area contributed by atoms with Gasteiger partial charge in [-0.05, 0) is 12.1 Å². The van der Waals surface area contributed by atoms with E-state index in [0.717, 1.165) is 12.1 Å². The normalized spacial score (nSPS) is 10.2. The summed E-state index contributed by atoms with van der Waals surface area (Å²) in [5.74, 6) is -2.85. The van der Waals surface area contributed by atoms with Gasteiger partial charge in [-0.25, -0.2) is 0 Å². The van der Waals surface area contributed by atoms with E-state index in [9.17, 15) is 19.8 Å². The Labute approximate surface area is 101 Å². The van der Waals surface area contributed by atoms with E-state index in [1.807, 2.05) is 0 Å². The topological polar surface area (TPSA) is 111 Å². The minimum Gasteiger partial charge on any atom is -0.504 e. The van der Waals surface area contributed by atoms with Crippen LogP contribution in [0.25, 0.3) is 0 Å². The summed E-state index contributed by atoms with van der Waals surface area (Å²) in [5, 5.41) is 28.0. The minimum absolute atomic E-state index is 0.169. The average molecular weight is 247 g/mol. The molecule has 0 atom stereocenters. The molecular weight excluding hydrogens is 238 g/mol. The van der Waals surface area contributed by atoms with Crippen LogP contribution in [-0.4, -0.2) is 26.1 Å². The van der Waals surface area contributed by atoms with Gasteiger partial charge in [-0.3, -0.25) is 9.59 Å². The number of aromatic hydroxyl groups is 3. The maximum absolute atomic E-state index is 12.0. The number of carbonyl (C=O) groups is 1. The summed E-state index contributed by atoms with van der Waals surface area (Å²) >= 11 is 0. The third kappa shape index (κ3) is 1.80. The molecule has 4 N–H and O–H groups in total. The van der Waals surface area contributed by atoms with Crippen LogP contribution in [-0.2, 0) is 0 Å². The Morgan fingerprint density at radius 2 is 1.72 bits per heavy atom. The van der Waals surface area contributed by atoms with Crippen LogP contribution in [0.5, 0.6) is 17.2 Å². The predicted octanol–water partition coefficient (Wildman–Crippen LogP) is 0.723. The summed E-state index contributed by atoms with van der Waals surface area (Å²) < 4.78 is 0. The number of aromatic amines is 1. The first-order chi connectivity index (χ1) is 8.52. The summed E-state index contributed by atoms with van der Waals surface area (Å²) in [6, 6.07) is 3.35. The van der Waals surface area contributed by atoms with Crippen LogP contribution in [0.2, 0.25) is 0 Å². The van der Waals surface area contributed by atoms with E-state index in [1.54, 1.807) is 0 Å². The van der Waals surface area contributed by atoms with Crippen LogP contribution < -0.4 is 5.43 Å². The zero-order valence-corrected chi connectivity index (χ0v) is 9.04. The molecule has 0 saturated heterocycles. The maximum atomic E-state index is 12.0. The summed E-state index contributed by atoms with van der Waals surface area (Å²) in [5.41, 5.74) is -0.939. The number of phenolic OH excluding ortho intramolecular Hbond substituents is 3. The lowest BCUT2D eigenvalue weighted by molar-refractivity contribution is 0.103. The van der Waals surface area contributed by atoms with Crippen molar-refractivity contribution in [2.24, 2.45) is 0 Å². The van der Waals surface area contributed by atoms with Crippen molar-refractivity contribution in [1.29, 1.82) is 0 Å². The zero-order chi connectivity index (χ0) is 13.3. The number of pyridine rings is 1. The smallest absolute Gasteiger partial charge is 0.202 e. The van der Waals surface area contributed by atoms with Gasteiger partial charge in [0.25, 0.3) is 0 Å². The van der Waals surface area contributed by atoms with Crippen LogP contribution in [0, 0.1) is 0 Å². The molecule has 6 nitrogen and oxygen atoms in total. The van der Waals surface area contributed by atoms with Crippen molar-refractivity contribution in [2.45, 2.75) is 0 Å². The van der Waals surface area contributed by atoms with Crippen LogP contribution >= 0.6 is 0 Å². The fraction of sp³-hybridized carbons (Fsp3) is 0. The molecule has 0 aliphatic carbocycles. The monoisotopic (exact) mass is 247 g/mol. The van der Waals surface area contributed by atoms with E-state index in [-0.39, 0.29) is 11.1 Å². The Kier molecular flexibility index (Phi) is 2.77. The summed E-state index contributed by atoms with van der Waals surface area (Å²) in [7, 11) is 0. The van der Waals surface area contributed by atoms with Crippen molar-refractivity contribution < 1.29 is 20.1 Å². The molecule has 0 spiro atoms. The number of rotatable bonds is 2. The Balaban J connectivity index is 2.58.